The maximum atomic E-state index is 4.27. The minimum absolute atomic E-state index is 0.417. The highest BCUT2D eigenvalue weighted by Gasteiger charge is 2.20. The summed E-state index contributed by atoms with van der Waals surface area (Å²) in [5.41, 5.74) is 0. The van der Waals surface area contributed by atoms with Crippen molar-refractivity contribution in [3.8, 4) is 0 Å². The summed E-state index contributed by atoms with van der Waals surface area (Å²) in [5.74, 6) is 2.49. The van der Waals surface area contributed by atoms with Crippen LogP contribution in [0.2, 0.25) is 0 Å². The lowest BCUT2D eigenvalue weighted by atomic mass is 10.0. The largest absolute Gasteiger partial charge is 0.356 e. The molecule has 122 valence electrons. The summed E-state index contributed by atoms with van der Waals surface area (Å²) in [6, 6.07) is 0.417. The summed E-state index contributed by atoms with van der Waals surface area (Å²) >= 11 is 1.83. The molecule has 0 aliphatic heterocycles. The van der Waals surface area contributed by atoms with E-state index in [-0.39, 0.29) is 0 Å². The third-order valence-electron chi connectivity index (χ3n) is 3.27. The summed E-state index contributed by atoms with van der Waals surface area (Å²) in [4.78, 5) is 6.65. The van der Waals surface area contributed by atoms with E-state index in [1.165, 1.54) is 0 Å². The quantitative estimate of drug-likeness (QED) is 0.266. The molecular weight excluding hydrogens is 280 g/mol. The van der Waals surface area contributed by atoms with Crippen molar-refractivity contribution < 1.29 is 0 Å². The minimum Gasteiger partial charge on any atom is -0.356 e. The van der Waals surface area contributed by atoms with Crippen molar-refractivity contribution in [1.29, 1.82) is 0 Å². The van der Waals surface area contributed by atoms with Crippen molar-refractivity contribution in [3.05, 3.63) is 25.3 Å². The lowest BCUT2D eigenvalue weighted by molar-refractivity contribution is 0.190. The van der Waals surface area contributed by atoms with Gasteiger partial charge < -0.3 is 10.6 Å². The molecule has 0 radical (unpaired) electrons. The van der Waals surface area contributed by atoms with Crippen LogP contribution in [0.25, 0.3) is 0 Å². The summed E-state index contributed by atoms with van der Waals surface area (Å²) in [6.07, 6.45) is 6.00. The monoisotopic (exact) mass is 312 g/mol. The molecule has 0 aromatic heterocycles. The fraction of sp³-hybridized carbons (Fsp3) is 0.688. The van der Waals surface area contributed by atoms with Crippen LogP contribution in [0.4, 0.5) is 0 Å². The molecule has 0 amide bonds. The van der Waals surface area contributed by atoms with Crippen LogP contribution >= 0.6 is 11.8 Å². The average molecular weight is 313 g/mol. The Morgan fingerprint density at radius 2 is 1.86 bits per heavy atom. The van der Waals surface area contributed by atoms with Gasteiger partial charge in [0.1, 0.15) is 0 Å². The molecule has 0 aromatic carbocycles. The highest BCUT2D eigenvalue weighted by molar-refractivity contribution is 7.98. The second kappa shape index (κ2) is 12.8. The third-order valence-corrected chi connectivity index (χ3v) is 3.88. The van der Waals surface area contributed by atoms with Crippen molar-refractivity contribution in [2.75, 3.05) is 45.2 Å². The van der Waals surface area contributed by atoms with E-state index in [9.17, 15) is 0 Å². The lowest BCUT2D eigenvalue weighted by Gasteiger charge is -2.33. The van der Waals surface area contributed by atoms with Gasteiger partial charge in [-0.25, -0.2) is 0 Å². The Morgan fingerprint density at radius 3 is 2.29 bits per heavy atom. The van der Waals surface area contributed by atoms with Crippen molar-refractivity contribution in [2.45, 2.75) is 19.9 Å². The molecule has 2 N–H and O–H groups in total. The number of nitrogens with zero attached hydrogens (tertiary/aromatic N) is 2. The van der Waals surface area contributed by atoms with Crippen LogP contribution in [-0.2, 0) is 0 Å². The zero-order valence-electron chi connectivity index (χ0n) is 14.1. The molecule has 0 fully saturated rings. The molecule has 1 atom stereocenters. The van der Waals surface area contributed by atoms with Crippen molar-refractivity contribution in [1.82, 2.24) is 15.5 Å². The minimum atomic E-state index is 0.417. The normalized spacial score (nSPS) is 13.3. The standard InChI is InChI=1S/C16H32N4S/c1-7-10-20(11-8-2)15(14(3)4)13-19-16(17-5)18-9-12-21-6/h7-8,14-15H,1-2,9-13H2,3-6H3,(H2,17,18,19). The first-order valence-electron chi connectivity index (χ1n) is 7.49. The molecule has 0 aliphatic rings. The highest BCUT2D eigenvalue weighted by atomic mass is 32.2. The van der Waals surface area contributed by atoms with Gasteiger partial charge in [0.05, 0.1) is 0 Å². The summed E-state index contributed by atoms with van der Waals surface area (Å²) < 4.78 is 0. The predicted molar refractivity (Wildman–Crippen MR) is 98.3 cm³/mol. The first kappa shape index (κ1) is 20.1. The van der Waals surface area contributed by atoms with Crippen molar-refractivity contribution >= 4 is 17.7 Å². The van der Waals surface area contributed by atoms with E-state index >= 15 is 0 Å². The molecular formula is C16H32N4S. The lowest BCUT2D eigenvalue weighted by Crippen LogP contribution is -2.49. The van der Waals surface area contributed by atoms with Gasteiger partial charge in [0.25, 0.3) is 0 Å². The molecule has 0 aromatic rings. The smallest absolute Gasteiger partial charge is 0.191 e. The highest BCUT2D eigenvalue weighted by Crippen LogP contribution is 2.10. The van der Waals surface area contributed by atoms with Crippen molar-refractivity contribution in [2.24, 2.45) is 10.9 Å². The molecule has 0 bridgehead atoms. The van der Waals surface area contributed by atoms with Crippen LogP contribution in [0, 0.1) is 5.92 Å². The summed E-state index contributed by atoms with van der Waals surface area (Å²) in [5, 5.41) is 6.75. The van der Waals surface area contributed by atoms with Crippen LogP contribution in [0.15, 0.2) is 30.3 Å². The third kappa shape index (κ3) is 8.83. The predicted octanol–water partition coefficient (Wildman–Crippen LogP) is 2.21. The van der Waals surface area contributed by atoms with Gasteiger partial charge in [-0.15, -0.1) is 13.2 Å². The van der Waals surface area contributed by atoms with Gasteiger partial charge >= 0.3 is 0 Å². The SMILES string of the molecule is C=CCN(CC=C)C(CNC(=NC)NCCSC)C(C)C. The van der Waals surface area contributed by atoms with E-state index in [0.717, 1.165) is 37.9 Å². The van der Waals surface area contributed by atoms with E-state index in [0.29, 0.717) is 12.0 Å². The van der Waals surface area contributed by atoms with E-state index in [2.05, 4.69) is 53.8 Å². The Bertz CT molecular complexity index is 305. The van der Waals surface area contributed by atoms with Crippen molar-refractivity contribution in [3.63, 3.8) is 0 Å². The molecule has 0 spiro atoms. The molecule has 4 nitrogen and oxygen atoms in total. The number of nitrogens with one attached hydrogen (secondary N) is 2. The van der Waals surface area contributed by atoms with Crippen LogP contribution < -0.4 is 10.6 Å². The van der Waals surface area contributed by atoms with Gasteiger partial charge in [-0.3, -0.25) is 9.89 Å². The maximum Gasteiger partial charge on any atom is 0.191 e. The fourth-order valence-electron chi connectivity index (χ4n) is 2.16. The number of rotatable bonds is 11. The Hall–Kier alpha value is -0.940. The second-order valence-corrected chi connectivity index (χ2v) is 6.20. The maximum absolute atomic E-state index is 4.27. The number of hydrogen-bond donors (Lipinski definition) is 2. The van der Waals surface area contributed by atoms with E-state index in [1.54, 1.807) is 0 Å². The number of guanidine groups is 1. The Labute approximate surface area is 135 Å². The van der Waals surface area contributed by atoms with Gasteiger partial charge in [-0.2, -0.15) is 11.8 Å². The van der Waals surface area contributed by atoms with Crippen LogP contribution in [0.1, 0.15) is 13.8 Å². The zero-order chi connectivity index (χ0) is 16.1. The Kier molecular flexibility index (Phi) is 12.2. The molecule has 0 aliphatic carbocycles. The van der Waals surface area contributed by atoms with Crippen LogP contribution in [0.3, 0.4) is 0 Å². The molecule has 5 heteroatoms. The van der Waals surface area contributed by atoms with E-state index < -0.39 is 0 Å². The van der Waals surface area contributed by atoms with E-state index in [4.69, 9.17) is 0 Å². The zero-order valence-corrected chi connectivity index (χ0v) is 14.9. The summed E-state index contributed by atoms with van der Waals surface area (Å²) in [7, 11) is 1.81. The molecule has 0 rings (SSSR count). The molecule has 21 heavy (non-hydrogen) atoms. The van der Waals surface area contributed by atoms with Gasteiger partial charge in [0.15, 0.2) is 5.96 Å². The summed E-state index contributed by atoms with van der Waals surface area (Å²) in [6.45, 7) is 15.7. The Balaban J connectivity index is 4.53. The topological polar surface area (TPSA) is 39.7 Å². The second-order valence-electron chi connectivity index (χ2n) is 5.22. The molecule has 0 saturated heterocycles. The average Bonchev–Trinajstić information content (AvgIpc) is 2.45. The van der Waals surface area contributed by atoms with Gasteiger partial charge in [0.2, 0.25) is 0 Å². The van der Waals surface area contributed by atoms with Crippen LogP contribution in [0.5, 0.6) is 0 Å². The van der Waals surface area contributed by atoms with Crippen LogP contribution in [-0.4, -0.2) is 62.1 Å². The molecule has 1 unspecified atom stereocenters. The van der Waals surface area contributed by atoms with Gasteiger partial charge in [-0.05, 0) is 12.2 Å². The molecule has 0 saturated carbocycles. The molecule has 0 heterocycles. The number of thioether (sulfide) groups is 1. The number of aliphatic imine (C=N–C) groups is 1. The van der Waals surface area contributed by atoms with E-state index in [1.807, 2.05) is 31.0 Å². The Morgan fingerprint density at radius 1 is 1.24 bits per heavy atom. The fourth-order valence-corrected chi connectivity index (χ4v) is 2.46. The first-order valence-corrected chi connectivity index (χ1v) is 8.89. The van der Waals surface area contributed by atoms with Gasteiger partial charge in [-0.1, -0.05) is 26.0 Å². The van der Waals surface area contributed by atoms with Gasteiger partial charge in [0, 0.05) is 45.0 Å². The first-order chi connectivity index (χ1) is 10.1. The number of hydrogen-bond acceptors (Lipinski definition) is 3.